The Morgan fingerprint density at radius 2 is 1.59 bits per heavy atom. The summed E-state index contributed by atoms with van der Waals surface area (Å²) in [4.78, 5) is 13.0. The number of benzene rings is 3. The molecule has 3 aromatic carbocycles. The van der Waals surface area contributed by atoms with Crippen LogP contribution in [0.15, 0.2) is 103 Å². The average molecular weight is 446 g/mol. The molecule has 2 atom stereocenters. The van der Waals surface area contributed by atoms with E-state index in [2.05, 4.69) is 6.58 Å². The summed E-state index contributed by atoms with van der Waals surface area (Å²) in [6, 6.07) is 22.2. The summed E-state index contributed by atoms with van der Waals surface area (Å²) in [5.41, 5.74) is 2.32. The van der Waals surface area contributed by atoms with Gasteiger partial charge in [-0.25, -0.2) is 12.4 Å². The van der Waals surface area contributed by atoms with E-state index in [1.807, 2.05) is 6.92 Å². The third kappa shape index (κ3) is 3.79. The Hall–Kier alpha value is -3.48. The number of ketones is 1. The number of para-hydroxylation sites is 1. The summed E-state index contributed by atoms with van der Waals surface area (Å²) < 4.78 is 28.0. The number of hydrogen-bond acceptors (Lipinski definition) is 4. The zero-order valence-corrected chi connectivity index (χ0v) is 18.4. The fourth-order valence-electron chi connectivity index (χ4n) is 3.83. The van der Waals surface area contributed by atoms with Gasteiger partial charge in [0.05, 0.1) is 10.4 Å². The first-order valence-corrected chi connectivity index (χ1v) is 11.6. The number of aliphatic hydroxyl groups excluding tert-OH is 1. The molecule has 0 aliphatic heterocycles. The Morgan fingerprint density at radius 1 is 0.969 bits per heavy atom. The molecule has 1 N–H and O–H groups in total. The molecule has 4 rings (SSSR count). The molecule has 0 aliphatic rings. The van der Waals surface area contributed by atoms with Crippen LogP contribution in [0.4, 0.5) is 0 Å². The van der Waals surface area contributed by atoms with Crippen molar-refractivity contribution in [1.29, 1.82) is 0 Å². The Balaban J connectivity index is 1.84. The number of aliphatic hydroxyl groups is 1. The van der Waals surface area contributed by atoms with E-state index in [0.717, 1.165) is 5.56 Å². The molecule has 0 bridgehead atoms. The van der Waals surface area contributed by atoms with Gasteiger partial charge in [-0.05, 0) is 30.7 Å². The number of nitrogens with zero attached hydrogens (tertiary/aromatic N) is 1. The number of aromatic nitrogens is 1. The summed E-state index contributed by atoms with van der Waals surface area (Å²) in [6.45, 7) is 5.70. The highest BCUT2D eigenvalue weighted by Crippen LogP contribution is 2.34. The van der Waals surface area contributed by atoms with Gasteiger partial charge in [0.2, 0.25) is 0 Å². The second-order valence-electron chi connectivity index (χ2n) is 7.65. The van der Waals surface area contributed by atoms with Gasteiger partial charge >= 0.3 is 0 Å². The van der Waals surface area contributed by atoms with E-state index in [4.69, 9.17) is 0 Å². The van der Waals surface area contributed by atoms with Crippen molar-refractivity contribution in [2.24, 2.45) is 0 Å². The smallest absolute Gasteiger partial charge is 0.268 e. The number of hydrogen-bond donors (Lipinski definition) is 1. The van der Waals surface area contributed by atoms with Crippen molar-refractivity contribution in [1.82, 2.24) is 3.97 Å². The highest BCUT2D eigenvalue weighted by atomic mass is 32.2. The van der Waals surface area contributed by atoms with Crippen molar-refractivity contribution >= 4 is 26.7 Å². The van der Waals surface area contributed by atoms with E-state index in [1.165, 1.54) is 16.2 Å². The van der Waals surface area contributed by atoms with Crippen molar-refractivity contribution in [3.8, 4) is 0 Å². The molecule has 0 saturated heterocycles. The lowest BCUT2D eigenvalue weighted by Crippen LogP contribution is -2.27. The number of rotatable bonds is 7. The van der Waals surface area contributed by atoms with Gasteiger partial charge in [-0.15, -0.1) is 6.58 Å². The second-order valence-corrected chi connectivity index (χ2v) is 9.47. The summed E-state index contributed by atoms with van der Waals surface area (Å²) in [6.07, 6.45) is 1.56. The normalized spacial score (nSPS) is 13.6. The summed E-state index contributed by atoms with van der Waals surface area (Å²) in [7, 11) is -3.89. The quantitative estimate of drug-likeness (QED) is 0.330. The molecule has 1 heterocycles. The van der Waals surface area contributed by atoms with Crippen LogP contribution in [0.2, 0.25) is 0 Å². The third-order valence-electron chi connectivity index (χ3n) is 5.57. The lowest BCUT2D eigenvalue weighted by molar-refractivity contribution is 0.0721. The van der Waals surface area contributed by atoms with E-state index in [9.17, 15) is 18.3 Å². The molecule has 5 nitrogen and oxygen atoms in total. The standard InChI is InChI=1S/C26H23NO4S/c1-3-21(26(29)25(28)19-9-5-4-6-10-19)23-17-27(24-12-8-7-11-22(23)24)32(30,31)20-15-13-18(2)14-16-20/h3-17,21,26,29H,1H2,2H3/t21-,26+/m1/s1. The minimum absolute atomic E-state index is 0.159. The van der Waals surface area contributed by atoms with E-state index in [1.54, 1.807) is 78.9 Å². The molecule has 0 spiro atoms. The predicted octanol–water partition coefficient (Wildman–Crippen LogP) is 4.70. The van der Waals surface area contributed by atoms with Crippen molar-refractivity contribution in [3.05, 3.63) is 114 Å². The summed E-state index contributed by atoms with van der Waals surface area (Å²) in [5.74, 6) is -1.24. The van der Waals surface area contributed by atoms with Crippen molar-refractivity contribution < 1.29 is 18.3 Å². The summed E-state index contributed by atoms with van der Waals surface area (Å²) in [5, 5.41) is 11.6. The fraction of sp³-hybridized carbons (Fsp3) is 0.115. The van der Waals surface area contributed by atoms with Gasteiger partial charge in [0.15, 0.2) is 5.78 Å². The number of carbonyl (C=O) groups is 1. The van der Waals surface area contributed by atoms with Crippen LogP contribution in [0, 0.1) is 6.92 Å². The van der Waals surface area contributed by atoms with Crippen LogP contribution in [0.25, 0.3) is 10.9 Å². The molecule has 6 heteroatoms. The third-order valence-corrected chi connectivity index (χ3v) is 7.25. The van der Waals surface area contributed by atoms with Crippen LogP contribution in [-0.4, -0.2) is 29.4 Å². The molecule has 0 unspecified atom stereocenters. The highest BCUT2D eigenvalue weighted by molar-refractivity contribution is 7.90. The van der Waals surface area contributed by atoms with Crippen LogP contribution in [0.3, 0.4) is 0 Å². The van der Waals surface area contributed by atoms with Gasteiger partial charge in [0.25, 0.3) is 10.0 Å². The van der Waals surface area contributed by atoms with Crippen molar-refractivity contribution in [2.45, 2.75) is 23.8 Å². The van der Waals surface area contributed by atoms with E-state index < -0.39 is 27.8 Å². The van der Waals surface area contributed by atoms with Crippen molar-refractivity contribution in [3.63, 3.8) is 0 Å². The molecule has 0 aliphatic carbocycles. The van der Waals surface area contributed by atoms with E-state index in [0.29, 0.717) is 22.0 Å². The molecular weight excluding hydrogens is 422 g/mol. The van der Waals surface area contributed by atoms with Gasteiger partial charge < -0.3 is 5.11 Å². The monoisotopic (exact) mass is 445 g/mol. The Kier molecular flexibility index (Phi) is 5.82. The molecule has 0 saturated carbocycles. The van der Waals surface area contributed by atoms with Crippen molar-refractivity contribution in [2.75, 3.05) is 0 Å². The zero-order valence-electron chi connectivity index (χ0n) is 17.5. The van der Waals surface area contributed by atoms with Gasteiger partial charge in [-0.2, -0.15) is 0 Å². The Bertz CT molecular complexity index is 1390. The SMILES string of the molecule is C=C[C@H](c1cn(S(=O)(=O)c2ccc(C)cc2)c2ccccc12)[C@H](O)C(=O)c1ccccc1. The maximum atomic E-state index is 13.4. The fourth-order valence-corrected chi connectivity index (χ4v) is 5.20. The minimum atomic E-state index is -3.89. The van der Waals surface area contributed by atoms with Crippen LogP contribution in [-0.2, 0) is 10.0 Å². The molecule has 0 amide bonds. The average Bonchev–Trinajstić information content (AvgIpc) is 3.20. The number of carbonyl (C=O) groups excluding carboxylic acids is 1. The van der Waals surface area contributed by atoms with Gasteiger partial charge in [0, 0.05) is 23.1 Å². The highest BCUT2D eigenvalue weighted by Gasteiger charge is 2.30. The van der Waals surface area contributed by atoms with Crippen LogP contribution in [0.5, 0.6) is 0 Å². The molecule has 162 valence electrons. The maximum Gasteiger partial charge on any atom is 0.268 e. The van der Waals surface area contributed by atoms with Gasteiger partial charge in [-0.1, -0.05) is 72.3 Å². The molecular formula is C26H23NO4S. The first-order valence-electron chi connectivity index (χ1n) is 10.2. The molecule has 4 aromatic rings. The first kappa shape index (κ1) is 21.7. The zero-order chi connectivity index (χ0) is 22.9. The van der Waals surface area contributed by atoms with E-state index >= 15 is 0 Å². The topological polar surface area (TPSA) is 76.4 Å². The minimum Gasteiger partial charge on any atom is -0.384 e. The van der Waals surface area contributed by atoms with Crippen LogP contribution >= 0.6 is 0 Å². The predicted molar refractivity (Wildman–Crippen MR) is 125 cm³/mol. The molecule has 0 fully saturated rings. The lowest BCUT2D eigenvalue weighted by atomic mass is 9.88. The molecule has 1 aromatic heterocycles. The number of fused-ring (bicyclic) bond motifs is 1. The maximum absolute atomic E-state index is 13.4. The second kappa shape index (κ2) is 8.57. The van der Waals surface area contributed by atoms with Gasteiger partial charge in [-0.3, -0.25) is 4.79 Å². The summed E-state index contributed by atoms with van der Waals surface area (Å²) >= 11 is 0. The molecule has 0 radical (unpaired) electrons. The largest absolute Gasteiger partial charge is 0.384 e. The number of Topliss-reactive ketones (excluding diaryl/α,β-unsaturated/α-hetero) is 1. The Labute approximate surface area is 187 Å². The van der Waals surface area contributed by atoms with Crippen LogP contribution < -0.4 is 0 Å². The number of aryl methyl sites for hydroxylation is 1. The molecule has 32 heavy (non-hydrogen) atoms. The lowest BCUT2D eigenvalue weighted by Gasteiger charge is -2.18. The Morgan fingerprint density at radius 3 is 2.25 bits per heavy atom. The van der Waals surface area contributed by atoms with E-state index in [-0.39, 0.29) is 4.90 Å². The van der Waals surface area contributed by atoms with Gasteiger partial charge in [0.1, 0.15) is 6.10 Å². The van der Waals surface area contributed by atoms with Crippen LogP contribution in [0.1, 0.15) is 27.4 Å². The first-order chi connectivity index (χ1) is 15.3.